The normalized spacial score (nSPS) is 12.6. The molecule has 0 aliphatic carbocycles. The first kappa shape index (κ1) is 11.4. The quantitative estimate of drug-likeness (QED) is 0.934. The summed E-state index contributed by atoms with van der Waals surface area (Å²) in [5, 5.41) is 0. The molecular weight excluding hydrogens is 266 g/mol. The van der Waals surface area contributed by atoms with Gasteiger partial charge in [-0.2, -0.15) is 0 Å². The minimum Gasteiger partial charge on any atom is -0.469 e. The van der Waals surface area contributed by atoms with Gasteiger partial charge in [0.1, 0.15) is 5.76 Å². The fourth-order valence-electron chi connectivity index (χ4n) is 1.73. The molecule has 0 saturated heterocycles. The Balaban J connectivity index is 1.94. The van der Waals surface area contributed by atoms with Gasteiger partial charge in [-0.1, -0.05) is 28.1 Å². The monoisotopic (exact) mass is 279 g/mol. The SMILES string of the molecule is NC(Cc1cccc(Br)c1)Cc1ccco1. The summed E-state index contributed by atoms with van der Waals surface area (Å²) in [6, 6.07) is 12.2. The van der Waals surface area contributed by atoms with Crippen molar-refractivity contribution < 1.29 is 4.42 Å². The molecule has 84 valence electrons. The van der Waals surface area contributed by atoms with Crippen molar-refractivity contribution in [3.63, 3.8) is 0 Å². The first-order valence-electron chi connectivity index (χ1n) is 5.26. The van der Waals surface area contributed by atoms with Crippen LogP contribution < -0.4 is 5.73 Å². The van der Waals surface area contributed by atoms with Crippen LogP contribution in [-0.4, -0.2) is 6.04 Å². The lowest BCUT2D eigenvalue weighted by Crippen LogP contribution is -2.25. The minimum absolute atomic E-state index is 0.0976. The topological polar surface area (TPSA) is 39.2 Å². The average molecular weight is 280 g/mol. The average Bonchev–Trinajstić information content (AvgIpc) is 2.70. The second kappa shape index (κ2) is 5.32. The molecule has 2 nitrogen and oxygen atoms in total. The van der Waals surface area contributed by atoms with Gasteiger partial charge in [-0.05, 0) is 36.2 Å². The van der Waals surface area contributed by atoms with E-state index in [0.29, 0.717) is 0 Å². The molecule has 1 heterocycles. The highest BCUT2D eigenvalue weighted by molar-refractivity contribution is 9.10. The fraction of sp³-hybridized carbons (Fsp3) is 0.231. The van der Waals surface area contributed by atoms with Gasteiger partial charge in [0.25, 0.3) is 0 Å². The smallest absolute Gasteiger partial charge is 0.105 e. The van der Waals surface area contributed by atoms with Crippen LogP contribution >= 0.6 is 15.9 Å². The predicted molar refractivity (Wildman–Crippen MR) is 68.2 cm³/mol. The molecule has 1 aromatic heterocycles. The number of halogens is 1. The first-order valence-corrected chi connectivity index (χ1v) is 6.06. The van der Waals surface area contributed by atoms with E-state index in [0.717, 1.165) is 23.1 Å². The van der Waals surface area contributed by atoms with Crippen LogP contribution in [0.3, 0.4) is 0 Å². The lowest BCUT2D eigenvalue weighted by atomic mass is 10.0. The van der Waals surface area contributed by atoms with E-state index in [1.807, 2.05) is 24.3 Å². The number of hydrogen-bond donors (Lipinski definition) is 1. The summed E-state index contributed by atoms with van der Waals surface area (Å²) >= 11 is 3.45. The van der Waals surface area contributed by atoms with Crippen molar-refractivity contribution in [1.29, 1.82) is 0 Å². The second-order valence-corrected chi connectivity index (χ2v) is 4.79. The van der Waals surface area contributed by atoms with Crippen LogP contribution in [0.2, 0.25) is 0 Å². The zero-order valence-corrected chi connectivity index (χ0v) is 10.5. The largest absolute Gasteiger partial charge is 0.469 e. The predicted octanol–water partition coefficient (Wildman–Crippen LogP) is 3.15. The number of benzene rings is 1. The molecule has 0 bridgehead atoms. The second-order valence-electron chi connectivity index (χ2n) is 3.88. The third kappa shape index (κ3) is 3.22. The fourth-order valence-corrected chi connectivity index (χ4v) is 2.17. The molecule has 1 unspecified atom stereocenters. The molecule has 2 N–H and O–H groups in total. The molecule has 0 radical (unpaired) electrons. The summed E-state index contributed by atoms with van der Waals surface area (Å²) in [6.45, 7) is 0. The summed E-state index contributed by atoms with van der Waals surface area (Å²) < 4.78 is 6.37. The molecular formula is C13H14BrNO. The third-order valence-corrected chi connectivity index (χ3v) is 2.92. The molecule has 0 fully saturated rings. The number of rotatable bonds is 4. The number of hydrogen-bond acceptors (Lipinski definition) is 2. The summed E-state index contributed by atoms with van der Waals surface area (Å²) in [5.41, 5.74) is 7.32. The van der Waals surface area contributed by atoms with Crippen molar-refractivity contribution in [1.82, 2.24) is 0 Å². The lowest BCUT2D eigenvalue weighted by Gasteiger charge is -2.10. The van der Waals surface area contributed by atoms with Crippen molar-refractivity contribution in [2.45, 2.75) is 18.9 Å². The van der Waals surface area contributed by atoms with Crippen molar-refractivity contribution >= 4 is 15.9 Å². The molecule has 1 atom stereocenters. The molecule has 0 aliphatic rings. The van der Waals surface area contributed by atoms with E-state index in [1.165, 1.54) is 5.56 Å². The Kier molecular flexibility index (Phi) is 3.80. The highest BCUT2D eigenvalue weighted by Gasteiger charge is 2.07. The Morgan fingerprint density at radius 3 is 2.75 bits per heavy atom. The van der Waals surface area contributed by atoms with Crippen molar-refractivity contribution in [2.75, 3.05) is 0 Å². The van der Waals surface area contributed by atoms with Crippen LogP contribution in [-0.2, 0) is 12.8 Å². The van der Waals surface area contributed by atoms with Gasteiger partial charge in [0.2, 0.25) is 0 Å². The van der Waals surface area contributed by atoms with E-state index >= 15 is 0 Å². The van der Waals surface area contributed by atoms with Crippen molar-refractivity contribution in [3.05, 3.63) is 58.5 Å². The summed E-state index contributed by atoms with van der Waals surface area (Å²) in [5.74, 6) is 0.947. The maximum Gasteiger partial charge on any atom is 0.105 e. The van der Waals surface area contributed by atoms with Crippen molar-refractivity contribution in [3.8, 4) is 0 Å². The standard InChI is InChI=1S/C13H14BrNO/c14-11-4-1-3-10(7-11)8-12(15)9-13-5-2-6-16-13/h1-7,12H,8-9,15H2. The van der Waals surface area contributed by atoms with Gasteiger partial charge in [-0.3, -0.25) is 0 Å². The first-order chi connectivity index (χ1) is 7.74. The van der Waals surface area contributed by atoms with Gasteiger partial charge < -0.3 is 10.2 Å². The van der Waals surface area contributed by atoms with E-state index in [4.69, 9.17) is 10.2 Å². The highest BCUT2D eigenvalue weighted by atomic mass is 79.9. The number of furan rings is 1. The summed E-state index contributed by atoms with van der Waals surface area (Å²) in [6.07, 6.45) is 3.32. The van der Waals surface area contributed by atoms with Crippen LogP contribution in [0.1, 0.15) is 11.3 Å². The Hall–Kier alpha value is -1.06. The number of nitrogens with two attached hydrogens (primary N) is 1. The third-order valence-electron chi connectivity index (χ3n) is 2.43. The van der Waals surface area contributed by atoms with Gasteiger partial charge in [0.15, 0.2) is 0 Å². The molecule has 2 aromatic rings. The van der Waals surface area contributed by atoms with E-state index in [2.05, 4.69) is 28.1 Å². The van der Waals surface area contributed by atoms with Gasteiger partial charge >= 0.3 is 0 Å². The molecule has 0 spiro atoms. The summed E-state index contributed by atoms with van der Waals surface area (Å²) in [4.78, 5) is 0. The molecule has 1 aromatic carbocycles. The lowest BCUT2D eigenvalue weighted by molar-refractivity contribution is 0.483. The molecule has 0 saturated carbocycles. The van der Waals surface area contributed by atoms with Gasteiger partial charge in [0, 0.05) is 16.9 Å². The van der Waals surface area contributed by atoms with Crippen LogP contribution in [0, 0.1) is 0 Å². The van der Waals surface area contributed by atoms with E-state index in [-0.39, 0.29) is 6.04 Å². The van der Waals surface area contributed by atoms with Crippen LogP contribution in [0.4, 0.5) is 0 Å². The molecule has 3 heteroatoms. The Morgan fingerprint density at radius 2 is 2.06 bits per heavy atom. The Labute approximate surface area is 104 Å². The molecule has 0 amide bonds. The van der Waals surface area contributed by atoms with Crippen LogP contribution in [0.5, 0.6) is 0 Å². The van der Waals surface area contributed by atoms with Gasteiger partial charge in [-0.15, -0.1) is 0 Å². The molecule has 2 rings (SSSR count). The Morgan fingerprint density at radius 1 is 1.19 bits per heavy atom. The summed E-state index contributed by atoms with van der Waals surface area (Å²) in [7, 11) is 0. The van der Waals surface area contributed by atoms with Gasteiger partial charge in [-0.25, -0.2) is 0 Å². The molecule has 16 heavy (non-hydrogen) atoms. The van der Waals surface area contributed by atoms with Gasteiger partial charge in [0.05, 0.1) is 6.26 Å². The molecule has 0 aliphatic heterocycles. The van der Waals surface area contributed by atoms with Crippen molar-refractivity contribution in [2.24, 2.45) is 5.73 Å². The zero-order valence-electron chi connectivity index (χ0n) is 8.90. The van der Waals surface area contributed by atoms with E-state index in [9.17, 15) is 0 Å². The van der Waals surface area contributed by atoms with Crippen LogP contribution in [0.25, 0.3) is 0 Å². The van der Waals surface area contributed by atoms with E-state index < -0.39 is 0 Å². The van der Waals surface area contributed by atoms with Crippen LogP contribution in [0.15, 0.2) is 51.6 Å². The Bertz CT molecular complexity index is 439. The zero-order chi connectivity index (χ0) is 11.4. The maximum absolute atomic E-state index is 6.07. The minimum atomic E-state index is 0.0976. The maximum atomic E-state index is 6.07. The van der Waals surface area contributed by atoms with E-state index in [1.54, 1.807) is 6.26 Å². The highest BCUT2D eigenvalue weighted by Crippen LogP contribution is 2.14.